The Labute approximate surface area is 135 Å². The number of nitrogens with one attached hydrogen (secondary N) is 1. The number of anilines is 1. The van der Waals surface area contributed by atoms with Crippen molar-refractivity contribution in [2.45, 2.75) is 27.2 Å². The number of aryl methyl sites for hydroxylation is 3. The van der Waals surface area contributed by atoms with Crippen LogP contribution in [0.15, 0.2) is 24.3 Å². The molecule has 2 aromatic heterocycles. The van der Waals surface area contributed by atoms with Crippen LogP contribution in [0.3, 0.4) is 0 Å². The monoisotopic (exact) mass is 310 g/mol. The molecule has 3 N–H and O–H groups in total. The molecular formula is C17H22N6. The van der Waals surface area contributed by atoms with E-state index in [-0.39, 0.29) is 0 Å². The zero-order valence-electron chi connectivity index (χ0n) is 13.8. The molecule has 120 valence electrons. The van der Waals surface area contributed by atoms with Gasteiger partial charge in [0.15, 0.2) is 5.65 Å². The molecule has 0 bridgehead atoms. The first kappa shape index (κ1) is 15.4. The number of aromatic nitrogens is 4. The van der Waals surface area contributed by atoms with Crippen LogP contribution >= 0.6 is 0 Å². The molecule has 3 rings (SSSR count). The smallest absolute Gasteiger partial charge is 0.168 e. The topological polar surface area (TPSA) is 81.6 Å². The highest BCUT2D eigenvalue weighted by Crippen LogP contribution is 2.27. The van der Waals surface area contributed by atoms with Gasteiger partial charge >= 0.3 is 0 Å². The zero-order chi connectivity index (χ0) is 16.4. The van der Waals surface area contributed by atoms with E-state index in [0.29, 0.717) is 13.1 Å². The zero-order valence-corrected chi connectivity index (χ0v) is 13.8. The van der Waals surface area contributed by atoms with Crippen LogP contribution in [0.4, 0.5) is 5.82 Å². The van der Waals surface area contributed by atoms with Crippen LogP contribution < -0.4 is 11.1 Å². The Morgan fingerprint density at radius 3 is 2.65 bits per heavy atom. The summed E-state index contributed by atoms with van der Waals surface area (Å²) in [5.41, 5.74) is 9.56. The van der Waals surface area contributed by atoms with E-state index in [4.69, 9.17) is 15.8 Å². The number of fused-ring (bicyclic) bond motifs is 1. The Hall–Kier alpha value is -2.47. The minimum Gasteiger partial charge on any atom is -0.368 e. The van der Waals surface area contributed by atoms with Crippen molar-refractivity contribution >= 4 is 16.9 Å². The van der Waals surface area contributed by atoms with Gasteiger partial charge in [-0.3, -0.25) is 0 Å². The van der Waals surface area contributed by atoms with Gasteiger partial charge in [-0.05, 0) is 25.5 Å². The number of hydrogen-bond donors (Lipinski definition) is 2. The van der Waals surface area contributed by atoms with Crippen LogP contribution in [-0.2, 0) is 6.42 Å². The number of rotatable bonds is 5. The molecule has 23 heavy (non-hydrogen) atoms. The Kier molecular flexibility index (Phi) is 4.25. The van der Waals surface area contributed by atoms with Gasteiger partial charge in [0.25, 0.3) is 0 Å². The Morgan fingerprint density at radius 1 is 1.17 bits per heavy atom. The average Bonchev–Trinajstić information content (AvgIpc) is 2.90. The summed E-state index contributed by atoms with van der Waals surface area (Å²) < 4.78 is 1.91. The fourth-order valence-electron chi connectivity index (χ4n) is 2.67. The number of benzene rings is 1. The minimum atomic E-state index is 0.554. The van der Waals surface area contributed by atoms with E-state index in [0.717, 1.165) is 46.0 Å². The minimum absolute atomic E-state index is 0.554. The van der Waals surface area contributed by atoms with E-state index in [1.54, 1.807) is 0 Å². The van der Waals surface area contributed by atoms with Gasteiger partial charge < -0.3 is 11.1 Å². The lowest BCUT2D eigenvalue weighted by atomic mass is 10.2. The Balaban J connectivity index is 2.27. The van der Waals surface area contributed by atoms with E-state index in [1.807, 2.05) is 23.7 Å². The third kappa shape index (κ3) is 2.77. The van der Waals surface area contributed by atoms with Crippen molar-refractivity contribution in [2.24, 2.45) is 5.73 Å². The quantitative estimate of drug-likeness (QED) is 0.756. The molecule has 0 aliphatic carbocycles. The third-order valence-electron chi connectivity index (χ3n) is 3.85. The summed E-state index contributed by atoms with van der Waals surface area (Å²) in [6.07, 6.45) is 0.769. The van der Waals surface area contributed by atoms with Crippen molar-refractivity contribution in [2.75, 3.05) is 18.4 Å². The maximum absolute atomic E-state index is 5.62. The second-order valence-electron chi connectivity index (χ2n) is 5.54. The van der Waals surface area contributed by atoms with Crippen LogP contribution in [0.25, 0.3) is 16.7 Å². The van der Waals surface area contributed by atoms with Gasteiger partial charge in [0, 0.05) is 19.5 Å². The summed E-state index contributed by atoms with van der Waals surface area (Å²) in [4.78, 5) is 9.33. The number of hydrogen-bond acceptors (Lipinski definition) is 5. The SMILES string of the molecule is CCc1nc(NCCN)c2c(C)nn(-c3ccccc3C)c2n1. The Bertz CT molecular complexity index is 836. The van der Waals surface area contributed by atoms with E-state index >= 15 is 0 Å². The molecule has 0 fully saturated rings. The number of para-hydroxylation sites is 1. The largest absolute Gasteiger partial charge is 0.368 e. The first-order valence-corrected chi connectivity index (χ1v) is 7.92. The summed E-state index contributed by atoms with van der Waals surface area (Å²) in [6.45, 7) is 7.34. The number of nitrogens with zero attached hydrogens (tertiary/aromatic N) is 4. The second kappa shape index (κ2) is 6.34. The number of nitrogens with two attached hydrogens (primary N) is 1. The van der Waals surface area contributed by atoms with Gasteiger partial charge in [0.05, 0.1) is 16.8 Å². The highest BCUT2D eigenvalue weighted by Gasteiger charge is 2.17. The van der Waals surface area contributed by atoms with Gasteiger partial charge in [-0.25, -0.2) is 14.6 Å². The molecular weight excluding hydrogens is 288 g/mol. The molecule has 0 aliphatic rings. The molecule has 0 spiro atoms. The van der Waals surface area contributed by atoms with Gasteiger partial charge in [-0.1, -0.05) is 25.1 Å². The molecule has 1 aromatic carbocycles. The molecule has 0 unspecified atom stereocenters. The summed E-state index contributed by atoms with van der Waals surface area (Å²) >= 11 is 0. The third-order valence-corrected chi connectivity index (χ3v) is 3.85. The maximum Gasteiger partial charge on any atom is 0.168 e. The van der Waals surface area contributed by atoms with E-state index in [9.17, 15) is 0 Å². The van der Waals surface area contributed by atoms with Crippen molar-refractivity contribution < 1.29 is 0 Å². The molecule has 0 aliphatic heterocycles. The molecule has 0 amide bonds. The molecule has 0 radical (unpaired) electrons. The fourth-order valence-corrected chi connectivity index (χ4v) is 2.67. The first-order chi connectivity index (χ1) is 11.2. The fraction of sp³-hybridized carbons (Fsp3) is 0.353. The van der Waals surface area contributed by atoms with Gasteiger partial charge in [-0.15, -0.1) is 0 Å². The lowest BCUT2D eigenvalue weighted by Crippen LogP contribution is -2.15. The van der Waals surface area contributed by atoms with Crippen LogP contribution in [-0.4, -0.2) is 32.8 Å². The van der Waals surface area contributed by atoms with Gasteiger partial charge in [0.1, 0.15) is 11.6 Å². The highest BCUT2D eigenvalue weighted by atomic mass is 15.3. The van der Waals surface area contributed by atoms with E-state index < -0.39 is 0 Å². The van der Waals surface area contributed by atoms with Crippen LogP contribution in [0.5, 0.6) is 0 Å². The first-order valence-electron chi connectivity index (χ1n) is 7.92. The van der Waals surface area contributed by atoms with Gasteiger partial charge in [-0.2, -0.15) is 5.10 Å². The molecule has 0 saturated heterocycles. The molecule has 6 heteroatoms. The van der Waals surface area contributed by atoms with Crippen molar-refractivity contribution in [3.8, 4) is 5.69 Å². The lowest BCUT2D eigenvalue weighted by Gasteiger charge is -2.09. The summed E-state index contributed by atoms with van der Waals surface area (Å²) in [5.74, 6) is 1.61. The Morgan fingerprint density at radius 2 is 1.96 bits per heavy atom. The van der Waals surface area contributed by atoms with Crippen molar-refractivity contribution in [3.05, 3.63) is 41.3 Å². The normalized spacial score (nSPS) is 11.1. The molecule has 0 atom stereocenters. The van der Waals surface area contributed by atoms with Crippen molar-refractivity contribution in [3.63, 3.8) is 0 Å². The maximum atomic E-state index is 5.62. The van der Waals surface area contributed by atoms with Crippen LogP contribution in [0.2, 0.25) is 0 Å². The van der Waals surface area contributed by atoms with E-state index in [1.165, 1.54) is 0 Å². The van der Waals surface area contributed by atoms with Crippen molar-refractivity contribution in [1.29, 1.82) is 0 Å². The summed E-state index contributed by atoms with van der Waals surface area (Å²) in [7, 11) is 0. The molecule has 6 nitrogen and oxygen atoms in total. The van der Waals surface area contributed by atoms with Gasteiger partial charge in [0.2, 0.25) is 0 Å². The lowest BCUT2D eigenvalue weighted by molar-refractivity contribution is 0.858. The predicted molar refractivity (Wildman–Crippen MR) is 93.1 cm³/mol. The summed E-state index contributed by atoms with van der Waals surface area (Å²) in [5, 5.41) is 8.97. The van der Waals surface area contributed by atoms with Crippen LogP contribution in [0.1, 0.15) is 24.0 Å². The predicted octanol–water partition coefficient (Wildman–Crippen LogP) is 2.37. The summed E-state index contributed by atoms with van der Waals surface area (Å²) in [6, 6.07) is 8.17. The van der Waals surface area contributed by atoms with E-state index in [2.05, 4.69) is 36.3 Å². The molecule has 2 heterocycles. The van der Waals surface area contributed by atoms with Crippen molar-refractivity contribution in [1.82, 2.24) is 19.7 Å². The molecule has 3 aromatic rings. The highest BCUT2D eigenvalue weighted by molar-refractivity contribution is 5.90. The van der Waals surface area contributed by atoms with Crippen LogP contribution in [0, 0.1) is 13.8 Å². The second-order valence-corrected chi connectivity index (χ2v) is 5.54. The average molecular weight is 310 g/mol. The standard InChI is InChI=1S/C17H22N6/c1-4-14-20-16(19-10-9-18)15-12(3)22-23(17(15)21-14)13-8-6-5-7-11(13)2/h5-8H,4,9-10,18H2,1-3H3,(H,19,20,21). The molecule has 0 saturated carbocycles.